The van der Waals surface area contributed by atoms with Gasteiger partial charge in [0.1, 0.15) is 17.3 Å². The summed E-state index contributed by atoms with van der Waals surface area (Å²) >= 11 is 0. The average molecular weight is 407 g/mol. The number of aliphatic hydroxyl groups excluding tert-OH is 1. The number of amides is 1. The first kappa shape index (κ1) is 18.9. The molecule has 3 aromatic rings. The molecule has 0 saturated carbocycles. The average Bonchev–Trinajstić information content (AvgIpc) is 3.11. The largest absolute Gasteiger partial charge is 0.482 e. The summed E-state index contributed by atoms with van der Waals surface area (Å²) in [5.41, 5.74) is 0.642. The molecule has 1 atom stereocenters. The van der Waals surface area contributed by atoms with Gasteiger partial charge >= 0.3 is 6.18 Å². The van der Waals surface area contributed by atoms with Crippen LogP contribution in [0.3, 0.4) is 0 Å². The van der Waals surface area contributed by atoms with Gasteiger partial charge in [-0.3, -0.25) is 4.79 Å². The first-order valence-corrected chi connectivity index (χ1v) is 8.40. The van der Waals surface area contributed by atoms with Crippen LogP contribution in [0, 0.1) is 5.82 Å². The van der Waals surface area contributed by atoms with E-state index >= 15 is 0 Å². The third kappa shape index (κ3) is 3.66. The second-order valence-corrected chi connectivity index (χ2v) is 6.33. The Morgan fingerprint density at radius 1 is 1.14 bits per heavy atom. The molecule has 1 aliphatic heterocycles. The minimum absolute atomic E-state index is 0.137. The van der Waals surface area contributed by atoms with Crippen molar-refractivity contribution in [1.29, 1.82) is 0 Å². The predicted molar refractivity (Wildman–Crippen MR) is 94.1 cm³/mol. The lowest BCUT2D eigenvalue weighted by Gasteiger charge is -2.18. The lowest BCUT2D eigenvalue weighted by atomic mass is 10.1. The molecule has 1 amide bonds. The van der Waals surface area contributed by atoms with E-state index in [-0.39, 0.29) is 18.2 Å². The lowest BCUT2D eigenvalue weighted by Crippen LogP contribution is -2.25. The third-order valence-electron chi connectivity index (χ3n) is 4.30. The van der Waals surface area contributed by atoms with E-state index in [1.807, 2.05) is 0 Å². The Labute approximate surface area is 161 Å². The number of anilines is 1. The quantitative estimate of drug-likeness (QED) is 0.651. The molecule has 4 rings (SSSR count). The summed E-state index contributed by atoms with van der Waals surface area (Å²) in [6.45, 7) is -0.137. The molecule has 0 radical (unpaired) electrons. The lowest BCUT2D eigenvalue weighted by molar-refractivity contribution is -0.208. The van der Waals surface area contributed by atoms with Crippen molar-refractivity contribution in [1.82, 2.24) is 9.78 Å². The van der Waals surface area contributed by atoms with Crippen molar-refractivity contribution in [2.75, 3.05) is 11.9 Å². The molecule has 0 bridgehead atoms. The highest BCUT2D eigenvalue weighted by atomic mass is 19.4. The minimum Gasteiger partial charge on any atom is -0.482 e. The van der Waals surface area contributed by atoms with Crippen LogP contribution in [-0.2, 0) is 4.79 Å². The molecule has 0 spiro atoms. The van der Waals surface area contributed by atoms with E-state index in [2.05, 4.69) is 10.4 Å². The molecule has 10 heteroatoms. The second kappa shape index (κ2) is 6.89. The van der Waals surface area contributed by atoms with Crippen molar-refractivity contribution in [2.45, 2.75) is 12.3 Å². The number of nitrogens with zero attached hydrogens (tertiary/aromatic N) is 2. The molecule has 0 saturated heterocycles. The van der Waals surface area contributed by atoms with Crippen LogP contribution in [0.2, 0.25) is 0 Å². The van der Waals surface area contributed by atoms with Gasteiger partial charge in [-0.1, -0.05) is 0 Å². The van der Waals surface area contributed by atoms with Crippen molar-refractivity contribution < 1.29 is 32.2 Å². The van der Waals surface area contributed by atoms with E-state index in [9.17, 15) is 27.5 Å². The zero-order valence-corrected chi connectivity index (χ0v) is 14.6. The number of halogens is 4. The molecule has 0 fully saturated rings. The van der Waals surface area contributed by atoms with Gasteiger partial charge in [-0.25, -0.2) is 9.07 Å². The van der Waals surface area contributed by atoms with Gasteiger partial charge in [0.15, 0.2) is 12.7 Å². The van der Waals surface area contributed by atoms with E-state index < -0.39 is 23.8 Å². The number of carbonyl (C=O) groups is 1. The number of alkyl halides is 3. The van der Waals surface area contributed by atoms with Crippen LogP contribution in [0.4, 0.5) is 23.2 Å². The van der Waals surface area contributed by atoms with Crippen molar-refractivity contribution >= 4 is 11.6 Å². The third-order valence-corrected chi connectivity index (χ3v) is 4.30. The topological polar surface area (TPSA) is 76.4 Å². The smallest absolute Gasteiger partial charge is 0.420 e. The number of aromatic nitrogens is 2. The maximum absolute atomic E-state index is 13.3. The van der Waals surface area contributed by atoms with Gasteiger partial charge in [0.2, 0.25) is 0 Å². The molecule has 150 valence electrons. The van der Waals surface area contributed by atoms with Crippen LogP contribution in [0.15, 0.2) is 48.5 Å². The Kier molecular flexibility index (Phi) is 4.50. The number of nitrogens with one attached hydrogen (secondary N) is 1. The number of benzene rings is 2. The zero-order chi connectivity index (χ0) is 20.8. The number of fused-ring (bicyclic) bond motifs is 1. The van der Waals surface area contributed by atoms with E-state index in [0.717, 1.165) is 22.9 Å². The molecule has 2 aromatic carbocycles. The zero-order valence-electron chi connectivity index (χ0n) is 14.6. The Bertz CT molecular complexity index is 1080. The maximum Gasteiger partial charge on any atom is 0.420 e. The number of aliphatic hydroxyl groups is 1. The number of hydrogen-bond donors (Lipinski definition) is 2. The summed E-state index contributed by atoms with van der Waals surface area (Å²) in [5, 5.41) is 16.1. The van der Waals surface area contributed by atoms with Gasteiger partial charge in [-0.2, -0.15) is 18.3 Å². The first-order chi connectivity index (χ1) is 13.7. The minimum atomic E-state index is -4.91. The van der Waals surface area contributed by atoms with Crippen molar-refractivity contribution in [3.63, 3.8) is 0 Å². The van der Waals surface area contributed by atoms with Crippen LogP contribution in [-0.4, -0.2) is 33.6 Å². The van der Waals surface area contributed by atoms with Crippen LogP contribution in [0.25, 0.3) is 16.9 Å². The van der Waals surface area contributed by atoms with Gasteiger partial charge in [-0.15, -0.1) is 0 Å². The fourth-order valence-corrected chi connectivity index (χ4v) is 2.93. The van der Waals surface area contributed by atoms with Gasteiger partial charge in [0, 0.05) is 5.56 Å². The van der Waals surface area contributed by atoms with Crippen LogP contribution < -0.4 is 10.1 Å². The fourth-order valence-electron chi connectivity index (χ4n) is 2.93. The van der Waals surface area contributed by atoms with Crippen LogP contribution >= 0.6 is 0 Å². The number of rotatable bonds is 3. The first-order valence-electron chi connectivity index (χ1n) is 8.40. The van der Waals surface area contributed by atoms with Gasteiger partial charge in [0.05, 0.1) is 17.1 Å². The Hall–Kier alpha value is -3.40. The molecule has 29 heavy (non-hydrogen) atoms. The summed E-state index contributed by atoms with van der Waals surface area (Å²) < 4.78 is 58.7. The van der Waals surface area contributed by atoms with Crippen LogP contribution in [0.5, 0.6) is 5.75 Å². The molecule has 0 aliphatic carbocycles. The predicted octanol–water partition coefficient (Wildman–Crippen LogP) is 3.61. The highest BCUT2D eigenvalue weighted by Crippen LogP contribution is 2.37. The van der Waals surface area contributed by atoms with Crippen molar-refractivity contribution in [3.8, 4) is 22.7 Å². The summed E-state index contributed by atoms with van der Waals surface area (Å²) in [6, 6.07) is 10.7. The van der Waals surface area contributed by atoms with Gasteiger partial charge in [-0.05, 0) is 48.5 Å². The Morgan fingerprint density at radius 3 is 2.55 bits per heavy atom. The Morgan fingerprint density at radius 2 is 1.86 bits per heavy atom. The summed E-state index contributed by atoms with van der Waals surface area (Å²) in [7, 11) is 0. The molecule has 1 aromatic heterocycles. The molecule has 2 heterocycles. The molecule has 1 unspecified atom stereocenters. The van der Waals surface area contributed by atoms with E-state index in [1.54, 1.807) is 12.1 Å². The molecular weight excluding hydrogens is 394 g/mol. The fraction of sp³-hybridized carbons (Fsp3) is 0.158. The highest BCUT2D eigenvalue weighted by Gasteiger charge is 2.41. The summed E-state index contributed by atoms with van der Waals surface area (Å²) in [5.74, 6) is -0.474. The van der Waals surface area contributed by atoms with E-state index in [4.69, 9.17) is 4.74 Å². The van der Waals surface area contributed by atoms with E-state index in [0.29, 0.717) is 22.7 Å². The van der Waals surface area contributed by atoms with Crippen LogP contribution in [0.1, 0.15) is 11.8 Å². The monoisotopic (exact) mass is 407 g/mol. The van der Waals surface area contributed by atoms with Gasteiger partial charge < -0.3 is 15.2 Å². The molecule has 2 N–H and O–H groups in total. The molecule has 6 nitrogen and oxygen atoms in total. The van der Waals surface area contributed by atoms with Crippen molar-refractivity contribution in [2.24, 2.45) is 0 Å². The standard InChI is InChI=1S/C19H13F4N3O3/c20-11-2-4-12(5-3-11)26-15(8-14(25-26)18(28)19(21,22)23)10-1-6-16-13(7-10)24-17(27)9-29-16/h1-8,18,28H,9H2,(H,24,27). The van der Waals surface area contributed by atoms with Gasteiger partial charge in [0.25, 0.3) is 5.91 Å². The maximum atomic E-state index is 13.3. The molecule has 1 aliphatic rings. The summed E-state index contributed by atoms with van der Waals surface area (Å²) in [4.78, 5) is 11.6. The summed E-state index contributed by atoms with van der Waals surface area (Å²) in [6.07, 6.45) is -7.69. The SMILES string of the molecule is O=C1COc2ccc(-c3cc(C(O)C(F)(F)F)nn3-c3ccc(F)cc3)cc2N1. The number of hydrogen-bond acceptors (Lipinski definition) is 4. The highest BCUT2D eigenvalue weighted by molar-refractivity contribution is 5.96. The Balaban J connectivity index is 1.85. The normalized spacial score (nSPS) is 14.7. The van der Waals surface area contributed by atoms with Crippen molar-refractivity contribution in [3.05, 3.63) is 60.0 Å². The van der Waals surface area contributed by atoms with E-state index in [1.165, 1.54) is 18.2 Å². The molecular formula is C19H13F4N3O3. The second-order valence-electron chi connectivity index (χ2n) is 6.33. The number of ether oxygens (including phenoxy) is 1. The number of carbonyl (C=O) groups excluding carboxylic acids is 1.